The van der Waals surface area contributed by atoms with Crippen LogP contribution in [0.3, 0.4) is 0 Å². The first-order valence-electron chi connectivity index (χ1n) is 10.7. The number of benzene rings is 1. The predicted molar refractivity (Wildman–Crippen MR) is 126 cm³/mol. The van der Waals surface area contributed by atoms with Gasteiger partial charge in [-0.1, -0.05) is 49.6 Å². The van der Waals surface area contributed by atoms with E-state index in [0.29, 0.717) is 28.7 Å². The molecule has 0 saturated heterocycles. The molecule has 0 radical (unpaired) electrons. The fraction of sp³-hybridized carbons (Fsp3) is 0.333. The highest BCUT2D eigenvalue weighted by atomic mass is 35.5. The first-order valence-corrected chi connectivity index (χ1v) is 11.0. The van der Waals surface area contributed by atoms with Crippen LogP contribution in [-0.4, -0.2) is 20.0 Å². The molecule has 1 N–H and O–H groups in total. The predicted octanol–water partition coefficient (Wildman–Crippen LogP) is 3.31. The summed E-state index contributed by atoms with van der Waals surface area (Å²) in [4.78, 5) is 42.0. The average molecular weight is 455 g/mol. The van der Waals surface area contributed by atoms with Gasteiger partial charge in [-0.05, 0) is 24.6 Å². The Labute approximate surface area is 191 Å². The number of amides is 1. The van der Waals surface area contributed by atoms with Crippen molar-refractivity contribution in [2.75, 3.05) is 0 Å². The summed E-state index contributed by atoms with van der Waals surface area (Å²) in [7, 11) is 1.65. The molecule has 0 fully saturated rings. The SMILES string of the molecule is CCCCCc1nc(-c2ccc(Cl)cc2)cc(=O)n1CC(=O)NCc1cccc(=O)n1C. The zero-order valence-corrected chi connectivity index (χ0v) is 19.1. The largest absolute Gasteiger partial charge is 0.349 e. The van der Waals surface area contributed by atoms with E-state index < -0.39 is 0 Å². The number of unbranched alkanes of at least 4 members (excludes halogenated alkanes) is 2. The van der Waals surface area contributed by atoms with Crippen LogP contribution in [0.2, 0.25) is 5.02 Å². The van der Waals surface area contributed by atoms with Gasteiger partial charge in [0.2, 0.25) is 5.91 Å². The topological polar surface area (TPSA) is 86.0 Å². The van der Waals surface area contributed by atoms with Crippen LogP contribution in [0.1, 0.15) is 37.7 Å². The minimum Gasteiger partial charge on any atom is -0.349 e. The van der Waals surface area contributed by atoms with Gasteiger partial charge in [0.15, 0.2) is 0 Å². The Morgan fingerprint density at radius 3 is 2.53 bits per heavy atom. The summed E-state index contributed by atoms with van der Waals surface area (Å²) < 4.78 is 2.90. The molecule has 0 aliphatic heterocycles. The molecule has 0 unspecified atom stereocenters. The second-order valence-corrected chi connectivity index (χ2v) is 8.07. The Morgan fingerprint density at radius 1 is 1.06 bits per heavy atom. The molecule has 32 heavy (non-hydrogen) atoms. The van der Waals surface area contributed by atoms with Gasteiger partial charge in [-0.15, -0.1) is 0 Å². The van der Waals surface area contributed by atoms with E-state index in [-0.39, 0.29) is 30.1 Å². The molecule has 0 aliphatic carbocycles. The number of hydrogen-bond donors (Lipinski definition) is 1. The molecule has 2 heterocycles. The lowest BCUT2D eigenvalue weighted by atomic mass is 10.1. The van der Waals surface area contributed by atoms with E-state index in [0.717, 1.165) is 24.8 Å². The van der Waals surface area contributed by atoms with Gasteiger partial charge in [-0.2, -0.15) is 0 Å². The molecule has 7 nitrogen and oxygen atoms in total. The van der Waals surface area contributed by atoms with Crippen molar-refractivity contribution in [2.45, 2.75) is 45.7 Å². The normalized spacial score (nSPS) is 10.8. The summed E-state index contributed by atoms with van der Waals surface area (Å²) in [5.74, 6) is 0.263. The summed E-state index contributed by atoms with van der Waals surface area (Å²) >= 11 is 5.97. The van der Waals surface area contributed by atoms with Gasteiger partial charge >= 0.3 is 0 Å². The highest BCUT2D eigenvalue weighted by molar-refractivity contribution is 6.30. The van der Waals surface area contributed by atoms with Gasteiger partial charge in [-0.3, -0.25) is 19.0 Å². The Hall–Kier alpha value is -3.19. The lowest BCUT2D eigenvalue weighted by Crippen LogP contribution is -2.35. The summed E-state index contributed by atoms with van der Waals surface area (Å²) in [6, 6.07) is 13.5. The molecule has 1 aromatic carbocycles. The van der Waals surface area contributed by atoms with Gasteiger partial charge in [0.25, 0.3) is 11.1 Å². The third-order valence-corrected chi connectivity index (χ3v) is 5.54. The highest BCUT2D eigenvalue weighted by Crippen LogP contribution is 2.19. The quantitative estimate of drug-likeness (QED) is 0.502. The molecule has 0 atom stereocenters. The number of nitrogens with zero attached hydrogens (tertiary/aromatic N) is 3. The summed E-state index contributed by atoms with van der Waals surface area (Å²) in [6.45, 7) is 2.17. The van der Waals surface area contributed by atoms with Gasteiger partial charge in [0.05, 0.1) is 12.2 Å². The first kappa shape index (κ1) is 23.5. The van der Waals surface area contributed by atoms with E-state index >= 15 is 0 Å². The van der Waals surface area contributed by atoms with Crippen LogP contribution in [0.5, 0.6) is 0 Å². The summed E-state index contributed by atoms with van der Waals surface area (Å²) in [6.07, 6.45) is 3.53. The molecule has 2 aromatic heterocycles. The zero-order chi connectivity index (χ0) is 23.1. The minimum absolute atomic E-state index is 0.130. The van der Waals surface area contributed by atoms with E-state index in [1.807, 2.05) is 12.1 Å². The van der Waals surface area contributed by atoms with Gasteiger partial charge in [0, 0.05) is 41.9 Å². The van der Waals surface area contributed by atoms with Crippen molar-refractivity contribution in [2.24, 2.45) is 7.05 Å². The van der Waals surface area contributed by atoms with E-state index in [9.17, 15) is 14.4 Å². The minimum atomic E-state index is -0.318. The fourth-order valence-electron chi connectivity index (χ4n) is 3.39. The molecular weight excluding hydrogens is 428 g/mol. The van der Waals surface area contributed by atoms with Crippen molar-refractivity contribution in [1.82, 2.24) is 19.4 Å². The number of nitrogens with one attached hydrogen (secondary N) is 1. The number of pyridine rings is 1. The number of aromatic nitrogens is 3. The third-order valence-electron chi connectivity index (χ3n) is 5.29. The number of hydrogen-bond acceptors (Lipinski definition) is 4. The summed E-state index contributed by atoms with van der Waals surface area (Å²) in [5, 5.41) is 3.40. The van der Waals surface area contributed by atoms with E-state index in [1.165, 1.54) is 21.3 Å². The number of carbonyl (C=O) groups is 1. The number of carbonyl (C=O) groups excluding carboxylic acids is 1. The van der Waals surface area contributed by atoms with Crippen molar-refractivity contribution >= 4 is 17.5 Å². The third kappa shape index (κ3) is 5.95. The molecule has 1 amide bonds. The van der Waals surface area contributed by atoms with Crippen molar-refractivity contribution in [3.8, 4) is 11.3 Å². The standard InChI is InChI=1S/C24H27ClN4O3/c1-3-4-5-8-21-27-20(17-10-12-18(25)13-11-17)14-24(32)29(21)16-22(30)26-15-19-7-6-9-23(31)28(19)2/h6-7,9-14H,3-5,8,15-16H2,1-2H3,(H,26,30). The van der Waals surface area contributed by atoms with Gasteiger partial charge in [-0.25, -0.2) is 4.98 Å². The van der Waals surface area contributed by atoms with Gasteiger partial charge < -0.3 is 9.88 Å². The average Bonchev–Trinajstić information content (AvgIpc) is 2.77. The monoisotopic (exact) mass is 454 g/mol. The Morgan fingerprint density at radius 2 is 1.81 bits per heavy atom. The first-order chi connectivity index (χ1) is 15.4. The van der Waals surface area contributed by atoms with Crippen molar-refractivity contribution in [3.63, 3.8) is 0 Å². The maximum atomic E-state index is 12.9. The molecule has 0 bridgehead atoms. The van der Waals surface area contributed by atoms with Crippen LogP contribution in [0.15, 0.2) is 58.1 Å². The molecule has 3 aromatic rings. The maximum Gasteiger partial charge on any atom is 0.254 e. The second-order valence-electron chi connectivity index (χ2n) is 7.64. The molecule has 8 heteroatoms. The van der Waals surface area contributed by atoms with Crippen molar-refractivity contribution in [3.05, 3.63) is 85.8 Å². The highest BCUT2D eigenvalue weighted by Gasteiger charge is 2.14. The van der Waals surface area contributed by atoms with Crippen LogP contribution >= 0.6 is 11.6 Å². The number of halogens is 1. The van der Waals surface area contributed by atoms with Crippen molar-refractivity contribution in [1.29, 1.82) is 0 Å². The van der Waals surface area contributed by atoms with Crippen LogP contribution in [0.4, 0.5) is 0 Å². The molecular formula is C24H27ClN4O3. The Bertz CT molecular complexity index is 1200. The maximum absolute atomic E-state index is 12.9. The molecule has 0 aliphatic rings. The van der Waals surface area contributed by atoms with Crippen molar-refractivity contribution < 1.29 is 4.79 Å². The van der Waals surface area contributed by atoms with Crippen LogP contribution in [0, 0.1) is 0 Å². The zero-order valence-electron chi connectivity index (χ0n) is 18.3. The summed E-state index contributed by atoms with van der Waals surface area (Å²) in [5.41, 5.74) is 1.61. The van der Waals surface area contributed by atoms with Crippen LogP contribution in [-0.2, 0) is 31.4 Å². The molecule has 0 spiro atoms. The van der Waals surface area contributed by atoms with Crippen LogP contribution < -0.4 is 16.4 Å². The van der Waals surface area contributed by atoms with Crippen LogP contribution in [0.25, 0.3) is 11.3 Å². The van der Waals surface area contributed by atoms with Gasteiger partial charge in [0.1, 0.15) is 12.4 Å². The second kappa shape index (κ2) is 10.9. The number of aryl methyl sites for hydroxylation is 1. The molecule has 3 rings (SSSR count). The lowest BCUT2D eigenvalue weighted by Gasteiger charge is -2.14. The number of rotatable bonds is 9. The van der Waals surface area contributed by atoms with E-state index in [2.05, 4.69) is 12.2 Å². The van der Waals surface area contributed by atoms with E-state index in [1.54, 1.807) is 31.3 Å². The Kier molecular flexibility index (Phi) is 8.00. The smallest absolute Gasteiger partial charge is 0.254 e. The Balaban J connectivity index is 1.82. The lowest BCUT2D eigenvalue weighted by molar-refractivity contribution is -0.122. The molecule has 0 saturated carbocycles. The molecule has 168 valence electrons. The fourth-order valence-corrected chi connectivity index (χ4v) is 3.51. The van der Waals surface area contributed by atoms with E-state index in [4.69, 9.17) is 16.6 Å².